The molecule has 230 valence electrons. The Morgan fingerprint density at radius 3 is 0.958 bits per heavy atom. The van der Waals surface area contributed by atoms with Gasteiger partial charge in [-0.2, -0.15) is 0 Å². The van der Waals surface area contributed by atoms with Gasteiger partial charge < -0.3 is 4.90 Å². The average Bonchev–Trinajstić information content (AvgIpc) is 3.17. The molecule has 0 heterocycles. The summed E-state index contributed by atoms with van der Waals surface area (Å²) in [7, 11) is -2.43. The van der Waals surface area contributed by atoms with E-state index in [0.29, 0.717) is 0 Å². The lowest BCUT2D eigenvalue weighted by atomic mass is 10.1. The summed E-state index contributed by atoms with van der Waals surface area (Å²) in [5.41, 5.74) is 9.42. The quantitative estimate of drug-likeness (QED) is 0.0825. The normalized spacial score (nSPS) is 11.6. The lowest BCUT2D eigenvalue weighted by molar-refractivity contribution is 1.28. The molecule has 0 aliphatic carbocycles. The van der Waals surface area contributed by atoms with Gasteiger partial charge in [-0.25, -0.2) is 0 Å². The van der Waals surface area contributed by atoms with E-state index in [9.17, 15) is 0 Å². The predicted molar refractivity (Wildman–Crippen MR) is 210 cm³/mol. The first-order chi connectivity index (χ1) is 23.8. The number of anilines is 3. The summed E-state index contributed by atoms with van der Waals surface area (Å²) in [6.45, 7) is 0. The SMILES string of the molecule is C(=C\c1ccc(N(c2ccccc2)c2ccccc2)cc1)/c1ccc(/C=C/[Si](c2ccccc2)(c2ccccc2)c2ccccc2)cc1. The molecule has 0 unspecified atom stereocenters. The molecule has 0 saturated carbocycles. The smallest absolute Gasteiger partial charge is 0.172 e. The molecule has 0 aliphatic rings. The predicted octanol–water partition coefficient (Wildman–Crippen LogP) is 10.0. The molecular weight excluding hydrogens is 595 g/mol. The van der Waals surface area contributed by atoms with Crippen molar-refractivity contribution in [2.45, 2.75) is 0 Å². The molecule has 7 rings (SSSR count). The van der Waals surface area contributed by atoms with Crippen LogP contribution >= 0.6 is 0 Å². The third-order valence-corrected chi connectivity index (χ3v) is 13.2. The van der Waals surface area contributed by atoms with Gasteiger partial charge >= 0.3 is 0 Å². The highest BCUT2D eigenvalue weighted by molar-refractivity contribution is 7.15. The monoisotopic (exact) mass is 631 g/mol. The molecule has 0 spiro atoms. The number of rotatable bonds is 10. The summed E-state index contributed by atoms with van der Waals surface area (Å²) in [6, 6.07) is 71.6. The molecular formula is C46H37NSi. The number of benzene rings is 7. The van der Waals surface area contributed by atoms with Gasteiger partial charge in [0.15, 0.2) is 8.07 Å². The minimum atomic E-state index is -2.43. The molecule has 0 radical (unpaired) electrons. The van der Waals surface area contributed by atoms with Crippen LogP contribution in [-0.2, 0) is 0 Å². The topological polar surface area (TPSA) is 3.24 Å². The van der Waals surface area contributed by atoms with Gasteiger partial charge in [-0.05, 0) is 68.6 Å². The van der Waals surface area contributed by atoms with Gasteiger partial charge in [0.2, 0.25) is 0 Å². The zero-order valence-electron chi connectivity index (χ0n) is 26.8. The van der Waals surface area contributed by atoms with E-state index in [-0.39, 0.29) is 0 Å². The van der Waals surface area contributed by atoms with Crippen molar-refractivity contribution in [1.82, 2.24) is 0 Å². The molecule has 7 aromatic carbocycles. The zero-order valence-corrected chi connectivity index (χ0v) is 27.8. The Morgan fingerprint density at radius 2 is 0.583 bits per heavy atom. The van der Waals surface area contributed by atoms with Gasteiger partial charge in [0.05, 0.1) is 0 Å². The summed E-state index contributed by atoms with van der Waals surface area (Å²) in [4.78, 5) is 2.28. The van der Waals surface area contributed by atoms with E-state index in [1.54, 1.807) is 0 Å². The van der Waals surface area contributed by atoms with Gasteiger partial charge in [0, 0.05) is 17.1 Å². The minimum absolute atomic E-state index is 1.13. The Morgan fingerprint density at radius 1 is 0.292 bits per heavy atom. The molecule has 1 nitrogen and oxygen atoms in total. The second-order valence-corrected chi connectivity index (χ2v) is 15.5. The molecule has 0 saturated heterocycles. The van der Waals surface area contributed by atoms with Crippen molar-refractivity contribution in [3.05, 3.63) is 223 Å². The van der Waals surface area contributed by atoms with Crippen LogP contribution in [0.3, 0.4) is 0 Å². The fourth-order valence-corrected chi connectivity index (χ4v) is 10.5. The first-order valence-corrected chi connectivity index (χ1v) is 18.5. The maximum absolute atomic E-state index is 2.49. The Kier molecular flexibility index (Phi) is 9.36. The van der Waals surface area contributed by atoms with E-state index >= 15 is 0 Å². The van der Waals surface area contributed by atoms with Crippen LogP contribution in [0, 0.1) is 0 Å². The molecule has 2 heteroatoms. The Labute approximate surface area is 285 Å². The maximum atomic E-state index is 2.49. The summed E-state index contributed by atoms with van der Waals surface area (Å²) < 4.78 is 0. The Hall–Kier alpha value is -5.96. The van der Waals surface area contributed by atoms with Crippen LogP contribution in [0.4, 0.5) is 17.1 Å². The number of hydrogen-bond donors (Lipinski definition) is 0. The maximum Gasteiger partial charge on any atom is 0.172 e. The van der Waals surface area contributed by atoms with Crippen LogP contribution in [0.2, 0.25) is 0 Å². The van der Waals surface area contributed by atoms with Crippen molar-refractivity contribution in [3.8, 4) is 0 Å². The Balaban J connectivity index is 1.13. The van der Waals surface area contributed by atoms with E-state index in [2.05, 4.69) is 229 Å². The third-order valence-electron chi connectivity index (χ3n) is 8.80. The fraction of sp³-hybridized carbons (Fsp3) is 0. The lowest BCUT2D eigenvalue weighted by Crippen LogP contribution is -2.66. The molecule has 7 aromatic rings. The Bertz CT molecular complexity index is 1940. The molecule has 0 atom stereocenters. The van der Waals surface area contributed by atoms with Crippen molar-refractivity contribution in [3.63, 3.8) is 0 Å². The van der Waals surface area contributed by atoms with Crippen molar-refractivity contribution in [2.24, 2.45) is 0 Å². The summed E-state index contributed by atoms with van der Waals surface area (Å²) in [5.74, 6) is 0. The number of hydrogen-bond acceptors (Lipinski definition) is 1. The van der Waals surface area contributed by atoms with Crippen molar-refractivity contribution in [2.75, 3.05) is 4.90 Å². The molecule has 0 amide bonds. The molecule has 48 heavy (non-hydrogen) atoms. The van der Waals surface area contributed by atoms with Gasteiger partial charge in [0.1, 0.15) is 0 Å². The van der Waals surface area contributed by atoms with E-state index < -0.39 is 8.07 Å². The highest BCUT2D eigenvalue weighted by Crippen LogP contribution is 2.34. The van der Waals surface area contributed by atoms with Crippen LogP contribution in [0.25, 0.3) is 18.2 Å². The first-order valence-electron chi connectivity index (χ1n) is 16.4. The largest absolute Gasteiger partial charge is 0.311 e. The highest BCUT2D eigenvalue weighted by atomic mass is 28.3. The minimum Gasteiger partial charge on any atom is -0.311 e. The van der Waals surface area contributed by atoms with Crippen molar-refractivity contribution in [1.29, 1.82) is 0 Å². The van der Waals surface area contributed by atoms with Crippen LogP contribution < -0.4 is 20.5 Å². The first kappa shape index (κ1) is 30.7. The molecule has 0 bridgehead atoms. The molecule has 0 fully saturated rings. The van der Waals surface area contributed by atoms with E-state index in [0.717, 1.165) is 22.6 Å². The number of nitrogens with zero attached hydrogens (tertiary/aromatic N) is 1. The highest BCUT2D eigenvalue weighted by Gasteiger charge is 2.36. The van der Waals surface area contributed by atoms with Crippen LogP contribution in [0.1, 0.15) is 16.7 Å². The van der Waals surface area contributed by atoms with Crippen molar-refractivity contribution >= 4 is 58.9 Å². The summed E-state index contributed by atoms with van der Waals surface area (Å²) in [5, 5.41) is 4.12. The van der Waals surface area contributed by atoms with Gasteiger partial charge in [-0.1, -0.05) is 188 Å². The van der Waals surface area contributed by atoms with E-state index in [1.807, 2.05) is 0 Å². The standard InChI is InChI=1S/C46H37NSi/c1-6-16-41(17-7-1)47(42-18-8-2-9-19-42)43-34-32-39(33-35-43)27-26-38-28-30-40(31-29-38)36-37-48(44-20-10-3-11-21-44,45-22-12-4-13-23-45)46-24-14-5-15-25-46/h1-37H/b27-26+,37-36+. The second-order valence-electron chi connectivity index (χ2n) is 11.8. The summed E-state index contributed by atoms with van der Waals surface area (Å²) in [6.07, 6.45) is 6.68. The summed E-state index contributed by atoms with van der Waals surface area (Å²) >= 11 is 0. The van der Waals surface area contributed by atoms with Gasteiger partial charge in [-0.3, -0.25) is 0 Å². The average molecular weight is 632 g/mol. The van der Waals surface area contributed by atoms with E-state index in [4.69, 9.17) is 0 Å². The number of para-hydroxylation sites is 2. The zero-order chi connectivity index (χ0) is 32.4. The van der Waals surface area contributed by atoms with Crippen LogP contribution in [0.15, 0.2) is 206 Å². The second kappa shape index (κ2) is 14.6. The molecule has 0 aliphatic heterocycles. The lowest BCUT2D eigenvalue weighted by Gasteiger charge is -2.30. The van der Waals surface area contributed by atoms with Crippen LogP contribution in [0.5, 0.6) is 0 Å². The fourth-order valence-electron chi connectivity index (χ4n) is 6.36. The van der Waals surface area contributed by atoms with Gasteiger partial charge in [-0.15, -0.1) is 0 Å². The van der Waals surface area contributed by atoms with Crippen LogP contribution in [-0.4, -0.2) is 8.07 Å². The molecule has 0 N–H and O–H groups in total. The van der Waals surface area contributed by atoms with Gasteiger partial charge in [0.25, 0.3) is 0 Å². The molecule has 0 aromatic heterocycles. The third kappa shape index (κ3) is 6.76. The van der Waals surface area contributed by atoms with Crippen molar-refractivity contribution < 1.29 is 0 Å². The van der Waals surface area contributed by atoms with E-state index in [1.165, 1.54) is 26.7 Å².